The van der Waals surface area contributed by atoms with E-state index in [1.54, 1.807) is 19.1 Å². The Morgan fingerprint density at radius 1 is 0.859 bits per heavy atom. The lowest BCUT2D eigenvalue weighted by atomic mass is 9.75. The number of hydrogen-bond donors (Lipinski definition) is 3. The molecule has 0 saturated carbocycles. The third kappa shape index (κ3) is 8.89. The van der Waals surface area contributed by atoms with Crippen molar-refractivity contribution in [1.82, 2.24) is 30.3 Å². The topological polar surface area (TPSA) is 192 Å². The number of hydrogen-bond acceptors (Lipinski definition) is 12. The summed E-state index contributed by atoms with van der Waals surface area (Å²) in [4.78, 5) is 48.0. The fraction of sp³-hybridized carbons (Fsp3) is 0.411. The predicted octanol–water partition coefficient (Wildman–Crippen LogP) is 6.35. The lowest BCUT2D eigenvalue weighted by molar-refractivity contribution is -0.118. The van der Waals surface area contributed by atoms with Crippen LogP contribution in [-0.2, 0) is 41.8 Å². The lowest BCUT2D eigenvalue weighted by Crippen LogP contribution is -2.45. The number of anilines is 1. The number of carbonyl (C=O) groups is 3. The van der Waals surface area contributed by atoms with Gasteiger partial charge in [0.05, 0.1) is 42.2 Å². The van der Waals surface area contributed by atoms with Gasteiger partial charge in [-0.1, -0.05) is 44.2 Å². The van der Waals surface area contributed by atoms with Crippen molar-refractivity contribution >= 4 is 34.6 Å². The first-order valence-electron chi connectivity index (χ1n) is 25.2. The summed E-state index contributed by atoms with van der Waals surface area (Å²) in [6, 6.07) is 17.1. The third-order valence-electron chi connectivity index (χ3n) is 14.9. The number of aliphatic hydroxyl groups excluding tert-OH is 1. The first-order valence-corrected chi connectivity index (χ1v) is 25.2. The van der Waals surface area contributed by atoms with E-state index in [-0.39, 0.29) is 72.8 Å². The van der Waals surface area contributed by atoms with Crippen LogP contribution in [0.4, 0.5) is 5.69 Å². The van der Waals surface area contributed by atoms with Gasteiger partial charge in [0.1, 0.15) is 30.3 Å². The molecule has 15 heteroatoms. The molecule has 1 amide bonds. The molecule has 5 aromatic rings. The van der Waals surface area contributed by atoms with Crippen LogP contribution in [0.15, 0.2) is 70.9 Å². The highest BCUT2D eigenvalue weighted by atomic mass is 16.5. The summed E-state index contributed by atoms with van der Waals surface area (Å²) in [7, 11) is 0. The van der Waals surface area contributed by atoms with Gasteiger partial charge in [-0.25, -0.2) is 9.37 Å². The number of carbonyl (C=O) groups excluding carboxylic acids is 2. The van der Waals surface area contributed by atoms with Gasteiger partial charge in [-0.05, 0) is 91.8 Å². The lowest BCUT2D eigenvalue weighted by Gasteiger charge is -2.39. The number of aryl methyl sites for hydroxylation is 3. The first-order chi connectivity index (χ1) is 34.4. The van der Waals surface area contributed by atoms with Crippen LogP contribution in [0.1, 0.15) is 124 Å². The van der Waals surface area contributed by atoms with Crippen molar-refractivity contribution < 1.29 is 34.1 Å². The Kier molecular flexibility index (Phi) is 12.3. The van der Waals surface area contributed by atoms with E-state index in [9.17, 15) is 24.6 Å². The second kappa shape index (κ2) is 18.9. The van der Waals surface area contributed by atoms with Crippen LogP contribution < -0.4 is 30.1 Å². The standard InChI is InChI=1S/C56H58N8O7/c1-32-59-61-53(62-60-32)34-14-12-33(13-15-34)31-58-44(48-45(65)29-56(2,3)30-46(48)66)18-24-70-25-19-57-54(67)37-16-17-38(41(28-37)55(68)69)47-42-26-35-8-4-20-63-22-6-10-39(49(35)63)51(42)71-52-40-11-7-23-64-21-5-9-36(50(40)64)27-43(47)52/h12-17,26-28H,4-11,18-25,29-31H2,1-3H3,(H2-,57,58,65,66,67,68,69)/p+1. The number of rotatable bonds is 13. The van der Waals surface area contributed by atoms with Crippen molar-refractivity contribution in [2.75, 3.05) is 50.8 Å². The number of ketones is 1. The number of aliphatic hydroxyl groups is 1. The molecular weight excluding hydrogens is 897 g/mol. The molecule has 0 spiro atoms. The highest BCUT2D eigenvalue weighted by Crippen LogP contribution is 2.49. The second-order valence-electron chi connectivity index (χ2n) is 20.5. The number of amides is 1. The maximum atomic E-state index is 13.8. The van der Waals surface area contributed by atoms with Crippen LogP contribution in [0.25, 0.3) is 17.0 Å². The van der Waals surface area contributed by atoms with Gasteiger partial charge in [0.25, 0.3) is 5.91 Å². The van der Waals surface area contributed by atoms with Crippen molar-refractivity contribution in [3.8, 4) is 22.9 Å². The van der Waals surface area contributed by atoms with E-state index < -0.39 is 11.9 Å². The summed E-state index contributed by atoms with van der Waals surface area (Å²) in [5.41, 5.74) is 10.9. The van der Waals surface area contributed by atoms with Crippen LogP contribution in [0.2, 0.25) is 0 Å². The largest absolute Gasteiger partial charge is 0.511 e. The fourth-order valence-corrected chi connectivity index (χ4v) is 11.7. The Bertz CT molecular complexity index is 3230. The van der Waals surface area contributed by atoms with E-state index in [4.69, 9.17) is 14.5 Å². The Morgan fingerprint density at radius 3 is 2.38 bits per heavy atom. The number of fused-ring (bicyclic) bond motifs is 4. The molecule has 0 radical (unpaired) electrons. The van der Waals surface area contributed by atoms with E-state index in [2.05, 4.69) is 47.3 Å². The molecular formula is C56H59N8O7+. The number of carboxylic acid groups (broad SMARTS) is 1. The zero-order valence-corrected chi connectivity index (χ0v) is 40.7. The van der Waals surface area contributed by atoms with Gasteiger partial charge < -0.3 is 29.9 Å². The molecule has 6 heterocycles. The zero-order valence-electron chi connectivity index (χ0n) is 40.7. The van der Waals surface area contributed by atoms with E-state index in [1.807, 2.05) is 38.1 Å². The van der Waals surface area contributed by atoms with Gasteiger partial charge in [0, 0.05) is 96.0 Å². The summed E-state index contributed by atoms with van der Waals surface area (Å²) >= 11 is 0. The third-order valence-corrected chi connectivity index (χ3v) is 14.9. The highest BCUT2D eigenvalue weighted by molar-refractivity contribution is 6.23. The van der Waals surface area contributed by atoms with Gasteiger partial charge in [0.15, 0.2) is 11.6 Å². The maximum Gasteiger partial charge on any atom is 0.336 e. The molecule has 11 rings (SSSR count). The average molecular weight is 956 g/mol. The molecule has 15 nitrogen and oxygen atoms in total. The molecule has 1 aliphatic carbocycles. The minimum Gasteiger partial charge on any atom is -0.511 e. The maximum absolute atomic E-state index is 13.8. The number of allylic oxidation sites excluding steroid dienone is 2. The van der Waals surface area contributed by atoms with Crippen LogP contribution >= 0.6 is 0 Å². The molecule has 0 bridgehead atoms. The monoisotopic (exact) mass is 955 g/mol. The second-order valence-corrected chi connectivity index (χ2v) is 20.5. The minimum absolute atomic E-state index is 0.0274. The molecule has 0 atom stereocenters. The van der Waals surface area contributed by atoms with Gasteiger partial charge >= 0.3 is 5.97 Å². The summed E-state index contributed by atoms with van der Waals surface area (Å²) in [6.45, 7) is 10.5. The van der Waals surface area contributed by atoms with Crippen molar-refractivity contribution in [3.05, 3.63) is 132 Å². The number of Topliss-reactive ketones (excluding diaryl/α,β-unsaturated/α-hetero) is 1. The molecule has 0 unspecified atom stereocenters. The number of ether oxygens (including phenoxy) is 2. The Labute approximate surface area is 412 Å². The minimum atomic E-state index is -1.11. The molecule has 71 heavy (non-hydrogen) atoms. The first kappa shape index (κ1) is 46.3. The molecule has 0 fully saturated rings. The van der Waals surface area contributed by atoms with Gasteiger partial charge in [0.2, 0.25) is 11.2 Å². The van der Waals surface area contributed by atoms with Gasteiger partial charge in [-0.2, -0.15) is 0 Å². The quantitative estimate of drug-likeness (QED) is 0.0661. The number of aliphatic imine (C=N–C) groups is 1. The Balaban J connectivity index is 0.827. The van der Waals surface area contributed by atoms with Gasteiger partial charge in [-0.3, -0.25) is 14.6 Å². The van der Waals surface area contributed by atoms with E-state index in [0.717, 1.165) is 117 Å². The normalized spacial score (nSPS) is 17.8. The fourth-order valence-electron chi connectivity index (χ4n) is 11.7. The number of benzene rings is 4. The Morgan fingerprint density at radius 2 is 1.61 bits per heavy atom. The number of nitrogens with one attached hydrogen (secondary N) is 1. The predicted molar refractivity (Wildman–Crippen MR) is 268 cm³/mol. The summed E-state index contributed by atoms with van der Waals surface area (Å²) in [5, 5.41) is 43.4. The van der Waals surface area contributed by atoms with E-state index in [0.29, 0.717) is 29.3 Å². The van der Waals surface area contributed by atoms with Crippen molar-refractivity contribution in [3.63, 3.8) is 0 Å². The molecule has 6 aliphatic rings. The van der Waals surface area contributed by atoms with Crippen molar-refractivity contribution in [2.24, 2.45) is 10.4 Å². The van der Waals surface area contributed by atoms with E-state index in [1.165, 1.54) is 39.4 Å². The number of nitrogens with zero attached hydrogens (tertiary/aromatic N) is 7. The average Bonchev–Trinajstić information content (AvgIpc) is 3.36. The summed E-state index contributed by atoms with van der Waals surface area (Å²) < 4.78 is 15.7. The van der Waals surface area contributed by atoms with Crippen LogP contribution in [0, 0.1) is 12.3 Å². The summed E-state index contributed by atoms with van der Waals surface area (Å²) in [6.07, 6.45) is 8.82. The van der Waals surface area contributed by atoms with Crippen molar-refractivity contribution in [1.29, 1.82) is 0 Å². The van der Waals surface area contributed by atoms with E-state index >= 15 is 0 Å². The van der Waals surface area contributed by atoms with Gasteiger partial charge in [-0.15, -0.1) is 20.4 Å². The molecule has 364 valence electrons. The Hall–Kier alpha value is -7.13. The molecule has 1 aromatic heterocycles. The van der Waals surface area contributed by atoms with Crippen LogP contribution in [0.5, 0.6) is 11.5 Å². The van der Waals surface area contributed by atoms with Crippen molar-refractivity contribution in [2.45, 2.75) is 97.9 Å². The number of aromatic carboxylic acids is 1. The summed E-state index contributed by atoms with van der Waals surface area (Å²) in [5.74, 6) is 0.917. The van der Waals surface area contributed by atoms with Crippen LogP contribution in [0.3, 0.4) is 0 Å². The molecule has 5 aliphatic heterocycles. The zero-order chi connectivity index (χ0) is 49.0. The number of aromatic nitrogens is 4. The molecule has 3 N–H and O–H groups in total. The molecule has 4 aromatic carbocycles. The number of carboxylic acids is 1. The molecule has 0 saturated heterocycles. The SMILES string of the molecule is Cc1nnc(-c2ccc(CN=C(CCOCCNC(=O)c3ccc(C4=c5cc6c7c(c5Oc5c4cc4c8c5CCCN8CCC4)CCC[N+]=7CCC6)c(C(=O)O)c3)C3=C(O)CC(C)(C)CC3=O)cc2)nn1. The highest BCUT2D eigenvalue weighted by Gasteiger charge is 2.38. The van der Waals surface area contributed by atoms with Crippen LogP contribution in [-0.4, -0.2) is 99.9 Å². The smallest absolute Gasteiger partial charge is 0.336 e.